The minimum atomic E-state index is -0.388. The predicted octanol–water partition coefficient (Wildman–Crippen LogP) is 3.12. The van der Waals surface area contributed by atoms with Gasteiger partial charge in [0.15, 0.2) is 0 Å². The van der Waals surface area contributed by atoms with E-state index in [4.69, 9.17) is 14.0 Å². The van der Waals surface area contributed by atoms with Gasteiger partial charge in [-0.3, -0.25) is 0 Å². The van der Waals surface area contributed by atoms with Gasteiger partial charge in [0.05, 0.1) is 11.2 Å². The van der Waals surface area contributed by atoms with E-state index < -0.39 is 0 Å². The quantitative estimate of drug-likeness (QED) is 0.805. The maximum Gasteiger partial charge on any atom is 0.495 e. The van der Waals surface area contributed by atoms with E-state index in [0.717, 1.165) is 17.6 Å². The van der Waals surface area contributed by atoms with Gasteiger partial charge < -0.3 is 14.0 Å². The highest BCUT2D eigenvalue weighted by Crippen LogP contribution is 2.36. The second-order valence-electron chi connectivity index (χ2n) is 7.89. The monoisotopic (exact) mass is 305 g/mol. The molecule has 0 spiro atoms. The zero-order valence-corrected chi connectivity index (χ0v) is 15.1. The van der Waals surface area contributed by atoms with Crippen LogP contribution in [0.5, 0.6) is 5.88 Å². The molecule has 2 rings (SSSR count). The van der Waals surface area contributed by atoms with Gasteiger partial charge in [0.25, 0.3) is 0 Å². The summed E-state index contributed by atoms with van der Waals surface area (Å²) in [5, 5.41) is 0. The highest BCUT2D eigenvalue weighted by molar-refractivity contribution is 6.62. The molecule has 0 saturated carbocycles. The van der Waals surface area contributed by atoms with Crippen LogP contribution in [0, 0.1) is 0 Å². The van der Waals surface area contributed by atoms with Gasteiger partial charge in [0, 0.05) is 11.8 Å². The summed E-state index contributed by atoms with van der Waals surface area (Å²) in [6.07, 6.45) is 0.841. The largest absolute Gasteiger partial charge is 0.495 e. The number of pyridine rings is 1. The van der Waals surface area contributed by atoms with Crippen molar-refractivity contribution < 1.29 is 14.0 Å². The molecule has 0 unspecified atom stereocenters. The highest BCUT2D eigenvalue weighted by atomic mass is 16.7. The van der Waals surface area contributed by atoms with Crippen LogP contribution in [0.15, 0.2) is 12.1 Å². The molecule has 1 fully saturated rings. The van der Waals surface area contributed by atoms with Crippen molar-refractivity contribution in [1.82, 2.24) is 4.98 Å². The molecule has 0 bridgehead atoms. The zero-order valence-electron chi connectivity index (χ0n) is 15.1. The van der Waals surface area contributed by atoms with Crippen LogP contribution in [0.25, 0.3) is 0 Å². The van der Waals surface area contributed by atoms with Crippen LogP contribution in [0.4, 0.5) is 0 Å². The number of hydrogen-bond donors (Lipinski definition) is 0. The molecule has 0 aliphatic carbocycles. The molecule has 2 heterocycles. The maximum atomic E-state index is 6.13. The summed E-state index contributed by atoms with van der Waals surface area (Å²) in [6, 6.07) is 3.96. The topological polar surface area (TPSA) is 40.6 Å². The first-order chi connectivity index (χ1) is 9.93. The summed E-state index contributed by atoms with van der Waals surface area (Å²) >= 11 is 0. The molecule has 1 saturated heterocycles. The third kappa shape index (κ3) is 3.63. The van der Waals surface area contributed by atoms with E-state index in [1.807, 2.05) is 32.9 Å². The lowest BCUT2D eigenvalue weighted by molar-refractivity contribution is 0.00578. The average molecular weight is 305 g/mol. The van der Waals surface area contributed by atoms with E-state index in [-0.39, 0.29) is 23.9 Å². The van der Waals surface area contributed by atoms with Crippen molar-refractivity contribution in [2.45, 2.75) is 78.6 Å². The molecule has 122 valence electrons. The molecular formula is C17H28BNO3. The summed E-state index contributed by atoms with van der Waals surface area (Å²) < 4.78 is 18.2. The average Bonchev–Trinajstić information content (AvgIpc) is 2.56. The number of nitrogens with zero attached hydrogens (tertiary/aromatic N) is 1. The molecule has 0 amide bonds. The first-order valence-corrected chi connectivity index (χ1v) is 7.99. The van der Waals surface area contributed by atoms with Crippen molar-refractivity contribution in [3.05, 3.63) is 17.8 Å². The third-order valence-corrected chi connectivity index (χ3v) is 4.18. The lowest BCUT2D eigenvalue weighted by Gasteiger charge is -2.32. The summed E-state index contributed by atoms with van der Waals surface area (Å²) in [5.41, 5.74) is 0.958. The van der Waals surface area contributed by atoms with E-state index in [2.05, 4.69) is 39.6 Å². The summed E-state index contributed by atoms with van der Waals surface area (Å²) in [7, 11) is -0.388. The molecule has 1 aromatic rings. The van der Waals surface area contributed by atoms with E-state index in [9.17, 15) is 0 Å². The van der Waals surface area contributed by atoms with Gasteiger partial charge in [-0.05, 0) is 66.4 Å². The minimum absolute atomic E-state index is 0.285. The lowest BCUT2D eigenvalue weighted by atomic mass is 9.79. The van der Waals surface area contributed by atoms with Crippen molar-refractivity contribution in [3.8, 4) is 5.88 Å². The highest BCUT2D eigenvalue weighted by Gasteiger charge is 2.51. The smallest absolute Gasteiger partial charge is 0.472 e. The molecule has 0 atom stereocenters. The van der Waals surface area contributed by atoms with Gasteiger partial charge in [-0.15, -0.1) is 0 Å². The van der Waals surface area contributed by atoms with E-state index in [1.165, 1.54) is 0 Å². The first-order valence-electron chi connectivity index (χ1n) is 7.99. The Morgan fingerprint density at radius 2 is 1.64 bits per heavy atom. The van der Waals surface area contributed by atoms with Crippen molar-refractivity contribution in [3.63, 3.8) is 0 Å². The molecule has 4 nitrogen and oxygen atoms in total. The Kier molecular flexibility index (Phi) is 4.35. The van der Waals surface area contributed by atoms with Crippen molar-refractivity contribution in [2.24, 2.45) is 0 Å². The fourth-order valence-electron chi connectivity index (χ4n) is 2.25. The SMILES string of the molecule is CCc1cc(B2OC(C)(C)C(C)(C)O2)cc(OC(C)(C)C)n1. The Hall–Kier alpha value is -1.07. The number of aromatic nitrogens is 1. The maximum absolute atomic E-state index is 6.13. The molecule has 0 N–H and O–H groups in total. The molecular weight excluding hydrogens is 277 g/mol. The molecule has 1 aliphatic heterocycles. The Morgan fingerprint density at radius 3 is 2.09 bits per heavy atom. The van der Waals surface area contributed by atoms with Crippen LogP contribution in [0.2, 0.25) is 0 Å². The van der Waals surface area contributed by atoms with Crippen LogP contribution in [0.1, 0.15) is 61.1 Å². The number of ether oxygens (including phenoxy) is 1. The Morgan fingerprint density at radius 1 is 1.09 bits per heavy atom. The van der Waals surface area contributed by atoms with Gasteiger partial charge in [-0.1, -0.05) is 6.92 Å². The van der Waals surface area contributed by atoms with Crippen molar-refractivity contribution in [2.75, 3.05) is 0 Å². The fraction of sp³-hybridized carbons (Fsp3) is 0.706. The normalized spacial score (nSPS) is 20.3. The van der Waals surface area contributed by atoms with Crippen LogP contribution >= 0.6 is 0 Å². The minimum Gasteiger partial charge on any atom is -0.472 e. The van der Waals surface area contributed by atoms with Gasteiger partial charge in [-0.25, -0.2) is 4.98 Å². The lowest BCUT2D eigenvalue weighted by Crippen LogP contribution is -2.41. The van der Waals surface area contributed by atoms with Crippen LogP contribution in [-0.4, -0.2) is 28.9 Å². The van der Waals surface area contributed by atoms with Gasteiger partial charge in [0.1, 0.15) is 5.60 Å². The second-order valence-corrected chi connectivity index (χ2v) is 7.89. The van der Waals surface area contributed by atoms with Gasteiger partial charge >= 0.3 is 7.12 Å². The number of rotatable bonds is 3. The molecule has 1 aliphatic rings. The molecule has 0 aromatic carbocycles. The molecule has 1 aromatic heterocycles. The van der Waals surface area contributed by atoms with Crippen LogP contribution < -0.4 is 10.2 Å². The Bertz CT molecular complexity index is 533. The Labute approximate surface area is 134 Å². The van der Waals surface area contributed by atoms with E-state index >= 15 is 0 Å². The molecule has 5 heteroatoms. The second kappa shape index (κ2) is 5.53. The predicted molar refractivity (Wildman–Crippen MR) is 89.7 cm³/mol. The van der Waals surface area contributed by atoms with E-state index in [0.29, 0.717) is 5.88 Å². The summed E-state index contributed by atoms with van der Waals surface area (Å²) in [4.78, 5) is 4.55. The number of aryl methyl sites for hydroxylation is 1. The summed E-state index contributed by atoms with van der Waals surface area (Å²) in [6.45, 7) is 16.4. The molecule has 22 heavy (non-hydrogen) atoms. The fourth-order valence-corrected chi connectivity index (χ4v) is 2.25. The Balaban J connectivity index is 2.34. The third-order valence-electron chi connectivity index (χ3n) is 4.18. The van der Waals surface area contributed by atoms with Crippen LogP contribution in [-0.2, 0) is 15.7 Å². The van der Waals surface area contributed by atoms with E-state index in [1.54, 1.807) is 0 Å². The summed E-state index contributed by atoms with van der Waals surface area (Å²) in [5.74, 6) is 0.622. The van der Waals surface area contributed by atoms with Gasteiger partial charge in [-0.2, -0.15) is 0 Å². The zero-order chi connectivity index (χ0) is 16.8. The van der Waals surface area contributed by atoms with Crippen molar-refractivity contribution >= 4 is 12.6 Å². The number of hydrogen-bond acceptors (Lipinski definition) is 4. The first kappa shape index (κ1) is 17.3. The van der Waals surface area contributed by atoms with Crippen molar-refractivity contribution in [1.29, 1.82) is 0 Å². The standard InChI is InChI=1S/C17H28BNO3/c1-9-13-10-12(11-14(19-13)20-15(2,3)4)18-21-16(5,6)17(7,8)22-18/h10-11H,9H2,1-8H3. The molecule has 0 radical (unpaired) electrons. The van der Waals surface area contributed by atoms with Gasteiger partial charge in [0.2, 0.25) is 5.88 Å². The van der Waals surface area contributed by atoms with Crippen LogP contribution in [0.3, 0.4) is 0 Å².